The molecule has 5 nitrogen and oxygen atoms in total. The molecule has 0 aliphatic carbocycles. The van der Waals surface area contributed by atoms with Crippen LogP contribution in [0.2, 0.25) is 0 Å². The van der Waals surface area contributed by atoms with E-state index < -0.39 is 0 Å². The highest BCUT2D eigenvalue weighted by atomic mass is 16.6. The van der Waals surface area contributed by atoms with Crippen LogP contribution >= 0.6 is 0 Å². The summed E-state index contributed by atoms with van der Waals surface area (Å²) < 4.78 is 17.0. The largest absolute Gasteiger partial charge is 0.486 e. The van der Waals surface area contributed by atoms with Gasteiger partial charge in [0.2, 0.25) is 5.89 Å². The number of fused-ring (bicyclic) bond motifs is 1. The van der Waals surface area contributed by atoms with Crippen molar-refractivity contribution in [2.75, 3.05) is 13.2 Å². The van der Waals surface area contributed by atoms with Gasteiger partial charge in [-0.3, -0.25) is 0 Å². The lowest BCUT2D eigenvalue weighted by atomic mass is 10.1. The number of oxazole rings is 1. The van der Waals surface area contributed by atoms with Gasteiger partial charge in [-0.1, -0.05) is 36.4 Å². The predicted octanol–water partition coefficient (Wildman–Crippen LogP) is 3.96. The summed E-state index contributed by atoms with van der Waals surface area (Å²) >= 11 is 0. The molecule has 0 radical (unpaired) electrons. The molecule has 0 amide bonds. The first-order chi connectivity index (χ1) is 12.3. The maximum Gasteiger partial charge on any atom is 0.208 e. The molecule has 1 atom stereocenters. The van der Waals surface area contributed by atoms with E-state index in [9.17, 15) is 0 Å². The zero-order valence-corrected chi connectivity index (χ0v) is 14.1. The Bertz CT molecular complexity index is 845. The maximum atomic E-state index is 5.83. The van der Waals surface area contributed by atoms with Gasteiger partial charge < -0.3 is 19.2 Å². The second-order valence-corrected chi connectivity index (χ2v) is 5.99. The zero-order valence-electron chi connectivity index (χ0n) is 14.1. The summed E-state index contributed by atoms with van der Waals surface area (Å²) in [6, 6.07) is 16.2. The third-order valence-electron chi connectivity index (χ3n) is 4.24. The van der Waals surface area contributed by atoms with Gasteiger partial charge in [-0.15, -0.1) is 0 Å². The van der Waals surface area contributed by atoms with Crippen molar-refractivity contribution in [1.82, 2.24) is 10.3 Å². The summed E-state index contributed by atoms with van der Waals surface area (Å²) in [4.78, 5) is 4.35. The van der Waals surface area contributed by atoms with Crippen LogP contribution in [0.4, 0.5) is 0 Å². The molecule has 0 fully saturated rings. The first kappa shape index (κ1) is 15.7. The van der Waals surface area contributed by atoms with E-state index >= 15 is 0 Å². The average Bonchev–Trinajstić information content (AvgIpc) is 3.15. The standard InChI is InChI=1S/C20H20N2O3/c1-14(16-7-8-17-18(11-16)24-10-9-23-17)21-13-20-22-12-19(25-20)15-5-3-2-4-6-15/h2-8,11-12,14,21H,9-10,13H2,1H3/t14-/m0/s1. The molecular weight excluding hydrogens is 316 g/mol. The van der Waals surface area contributed by atoms with Crippen LogP contribution in [-0.2, 0) is 6.54 Å². The molecule has 2 heterocycles. The number of nitrogens with zero attached hydrogens (tertiary/aromatic N) is 1. The van der Waals surface area contributed by atoms with Crippen molar-refractivity contribution < 1.29 is 13.9 Å². The first-order valence-corrected chi connectivity index (χ1v) is 8.42. The van der Waals surface area contributed by atoms with Crippen LogP contribution in [0.1, 0.15) is 24.4 Å². The van der Waals surface area contributed by atoms with Crippen molar-refractivity contribution in [3.63, 3.8) is 0 Å². The van der Waals surface area contributed by atoms with Gasteiger partial charge in [0, 0.05) is 11.6 Å². The van der Waals surface area contributed by atoms with Gasteiger partial charge in [0.25, 0.3) is 0 Å². The molecular formula is C20H20N2O3. The molecule has 1 aliphatic heterocycles. The van der Waals surface area contributed by atoms with Gasteiger partial charge >= 0.3 is 0 Å². The minimum atomic E-state index is 0.142. The van der Waals surface area contributed by atoms with E-state index in [0.717, 1.165) is 28.4 Å². The van der Waals surface area contributed by atoms with Gasteiger partial charge in [0.15, 0.2) is 17.3 Å². The summed E-state index contributed by atoms with van der Waals surface area (Å²) in [6.07, 6.45) is 1.76. The van der Waals surface area contributed by atoms with Crippen LogP contribution in [-0.4, -0.2) is 18.2 Å². The van der Waals surface area contributed by atoms with Crippen LogP contribution in [0.15, 0.2) is 59.1 Å². The Morgan fingerprint density at radius 2 is 1.84 bits per heavy atom. The molecule has 3 aromatic rings. The number of aromatic nitrogens is 1. The van der Waals surface area contributed by atoms with E-state index in [1.165, 1.54) is 0 Å². The smallest absolute Gasteiger partial charge is 0.208 e. The van der Waals surface area contributed by atoms with E-state index in [1.807, 2.05) is 42.5 Å². The molecule has 4 rings (SSSR count). The first-order valence-electron chi connectivity index (χ1n) is 8.42. The quantitative estimate of drug-likeness (QED) is 0.764. The Morgan fingerprint density at radius 1 is 1.04 bits per heavy atom. The number of hydrogen-bond acceptors (Lipinski definition) is 5. The van der Waals surface area contributed by atoms with E-state index in [-0.39, 0.29) is 6.04 Å². The van der Waals surface area contributed by atoms with Gasteiger partial charge in [-0.2, -0.15) is 0 Å². The van der Waals surface area contributed by atoms with Crippen LogP contribution < -0.4 is 14.8 Å². The second kappa shape index (κ2) is 6.99. The van der Waals surface area contributed by atoms with Crippen molar-refractivity contribution in [3.05, 3.63) is 66.2 Å². The van der Waals surface area contributed by atoms with Gasteiger partial charge in [0.05, 0.1) is 12.7 Å². The molecule has 1 aliphatic rings. The van der Waals surface area contributed by atoms with Crippen molar-refractivity contribution in [3.8, 4) is 22.8 Å². The molecule has 0 bridgehead atoms. The summed E-state index contributed by atoms with van der Waals surface area (Å²) in [5.74, 6) is 3.06. The van der Waals surface area contributed by atoms with Gasteiger partial charge in [-0.05, 0) is 24.6 Å². The van der Waals surface area contributed by atoms with Crippen LogP contribution in [0, 0.1) is 0 Å². The Kier molecular flexibility index (Phi) is 4.39. The molecule has 0 saturated heterocycles. The summed E-state index contributed by atoms with van der Waals surface area (Å²) in [5.41, 5.74) is 2.17. The molecule has 0 saturated carbocycles. The molecule has 1 aromatic heterocycles. The summed E-state index contributed by atoms with van der Waals surface area (Å²) in [5, 5.41) is 3.43. The highest BCUT2D eigenvalue weighted by Crippen LogP contribution is 2.32. The average molecular weight is 336 g/mol. The second-order valence-electron chi connectivity index (χ2n) is 5.99. The minimum Gasteiger partial charge on any atom is -0.486 e. The lowest BCUT2D eigenvalue weighted by Crippen LogP contribution is -2.19. The van der Waals surface area contributed by atoms with E-state index in [2.05, 4.69) is 23.3 Å². The van der Waals surface area contributed by atoms with Crippen molar-refractivity contribution in [1.29, 1.82) is 0 Å². The Morgan fingerprint density at radius 3 is 2.68 bits per heavy atom. The molecule has 0 unspecified atom stereocenters. The highest BCUT2D eigenvalue weighted by molar-refractivity contribution is 5.55. The topological polar surface area (TPSA) is 56.5 Å². The molecule has 5 heteroatoms. The van der Waals surface area contributed by atoms with Gasteiger partial charge in [0.1, 0.15) is 13.2 Å². The normalized spacial score (nSPS) is 14.3. The number of benzene rings is 2. The highest BCUT2D eigenvalue weighted by Gasteiger charge is 2.15. The lowest BCUT2D eigenvalue weighted by Gasteiger charge is -2.20. The molecule has 0 spiro atoms. The van der Waals surface area contributed by atoms with Crippen molar-refractivity contribution in [2.45, 2.75) is 19.5 Å². The monoisotopic (exact) mass is 336 g/mol. The molecule has 128 valence electrons. The summed E-state index contributed by atoms with van der Waals surface area (Å²) in [6.45, 7) is 3.86. The number of ether oxygens (including phenoxy) is 2. The van der Waals surface area contributed by atoms with Crippen LogP contribution in [0.3, 0.4) is 0 Å². The zero-order chi connectivity index (χ0) is 17.1. The molecule has 2 aromatic carbocycles. The minimum absolute atomic E-state index is 0.142. The molecule has 1 N–H and O–H groups in total. The Labute approximate surface area is 146 Å². The van der Waals surface area contributed by atoms with Gasteiger partial charge in [-0.25, -0.2) is 4.98 Å². The number of nitrogens with one attached hydrogen (secondary N) is 1. The van der Waals surface area contributed by atoms with E-state index in [1.54, 1.807) is 6.20 Å². The maximum absolute atomic E-state index is 5.83. The fourth-order valence-electron chi connectivity index (χ4n) is 2.82. The third-order valence-corrected chi connectivity index (χ3v) is 4.24. The van der Waals surface area contributed by atoms with Crippen LogP contribution in [0.25, 0.3) is 11.3 Å². The third kappa shape index (κ3) is 3.51. The van der Waals surface area contributed by atoms with Crippen molar-refractivity contribution in [2.24, 2.45) is 0 Å². The SMILES string of the molecule is C[C@H](NCc1ncc(-c2ccccc2)o1)c1ccc2c(c1)OCCO2. The lowest BCUT2D eigenvalue weighted by molar-refractivity contribution is 0.171. The van der Waals surface area contributed by atoms with Crippen LogP contribution in [0.5, 0.6) is 11.5 Å². The van der Waals surface area contributed by atoms with E-state index in [0.29, 0.717) is 25.6 Å². The van der Waals surface area contributed by atoms with Crippen molar-refractivity contribution >= 4 is 0 Å². The Balaban J connectivity index is 1.40. The summed E-state index contributed by atoms with van der Waals surface area (Å²) in [7, 11) is 0. The number of rotatable bonds is 5. The Hall–Kier alpha value is -2.79. The van der Waals surface area contributed by atoms with E-state index in [4.69, 9.17) is 13.9 Å². The fourth-order valence-corrected chi connectivity index (χ4v) is 2.82. The predicted molar refractivity (Wildman–Crippen MR) is 94.6 cm³/mol. The fraction of sp³-hybridized carbons (Fsp3) is 0.250. The number of hydrogen-bond donors (Lipinski definition) is 1. The molecule has 25 heavy (non-hydrogen) atoms.